The van der Waals surface area contributed by atoms with Crippen LogP contribution in [0.3, 0.4) is 0 Å². The van der Waals surface area contributed by atoms with Crippen LogP contribution in [0.1, 0.15) is 40.4 Å². The van der Waals surface area contributed by atoms with E-state index in [1.54, 1.807) is 6.92 Å². The van der Waals surface area contributed by atoms with Gasteiger partial charge in [-0.05, 0) is 61.1 Å². The predicted molar refractivity (Wildman–Crippen MR) is 119 cm³/mol. The largest absolute Gasteiger partial charge is 0.504 e. The lowest BCUT2D eigenvalue weighted by molar-refractivity contribution is 0.111. The van der Waals surface area contributed by atoms with Gasteiger partial charge in [0.1, 0.15) is 11.5 Å². The summed E-state index contributed by atoms with van der Waals surface area (Å²) in [5.74, 6) is 0.957. The molecule has 4 rings (SSSR count). The molecule has 2 heterocycles. The van der Waals surface area contributed by atoms with Crippen molar-refractivity contribution < 1.29 is 9.90 Å². The molecule has 1 aromatic heterocycles. The normalized spacial score (nSPS) is 14.3. The Morgan fingerprint density at radius 3 is 2.26 bits per heavy atom. The number of aromatic hydroxyl groups is 1. The zero-order chi connectivity index (χ0) is 21.8. The number of rotatable bonds is 5. The van der Waals surface area contributed by atoms with Crippen LogP contribution in [0.2, 0.25) is 0 Å². The fourth-order valence-corrected chi connectivity index (χ4v) is 4.08. The zero-order valence-electron chi connectivity index (χ0n) is 17.5. The number of hydrogen-bond donors (Lipinski definition) is 1. The van der Waals surface area contributed by atoms with Crippen LogP contribution in [0, 0.1) is 24.2 Å². The average molecular weight is 412 g/mol. The van der Waals surface area contributed by atoms with Crippen LogP contribution in [0.15, 0.2) is 48.5 Å². The minimum absolute atomic E-state index is 0.0716. The molecule has 1 fully saturated rings. The van der Waals surface area contributed by atoms with Crippen LogP contribution in [0.25, 0.3) is 11.1 Å². The number of piperidine rings is 1. The maximum Gasteiger partial charge on any atom is 0.172 e. The molecule has 0 spiro atoms. The third kappa shape index (κ3) is 4.56. The highest BCUT2D eigenvalue weighted by Crippen LogP contribution is 2.28. The summed E-state index contributed by atoms with van der Waals surface area (Å²) in [6.07, 6.45) is 3.35. The van der Waals surface area contributed by atoms with Crippen LogP contribution in [-0.2, 0) is 6.42 Å². The number of carbonyl (C=O) groups is 1. The monoisotopic (exact) mass is 412 g/mol. The van der Waals surface area contributed by atoms with E-state index in [0.717, 1.165) is 37.1 Å². The molecule has 1 N–H and O–H groups in total. The average Bonchev–Trinajstić information content (AvgIpc) is 2.82. The van der Waals surface area contributed by atoms with E-state index in [9.17, 15) is 9.90 Å². The topological polar surface area (TPSA) is 90.1 Å². The maximum absolute atomic E-state index is 11.1. The number of aromatic nitrogens is 2. The lowest BCUT2D eigenvalue weighted by Crippen LogP contribution is -2.34. The number of nitriles is 1. The summed E-state index contributed by atoms with van der Waals surface area (Å²) >= 11 is 0. The molecule has 0 unspecified atom stereocenters. The van der Waals surface area contributed by atoms with Crippen molar-refractivity contribution in [2.45, 2.75) is 26.2 Å². The first-order valence-electron chi connectivity index (χ1n) is 10.4. The Hall–Kier alpha value is -3.72. The van der Waals surface area contributed by atoms with E-state index >= 15 is 0 Å². The number of anilines is 1. The molecule has 0 bridgehead atoms. The maximum atomic E-state index is 11.1. The summed E-state index contributed by atoms with van der Waals surface area (Å²) in [7, 11) is 0. The summed E-state index contributed by atoms with van der Waals surface area (Å²) in [5, 5.41) is 18.8. The smallest absolute Gasteiger partial charge is 0.172 e. The van der Waals surface area contributed by atoms with E-state index in [4.69, 9.17) is 5.26 Å². The zero-order valence-corrected chi connectivity index (χ0v) is 17.5. The van der Waals surface area contributed by atoms with Crippen molar-refractivity contribution in [3.63, 3.8) is 0 Å². The second-order valence-electron chi connectivity index (χ2n) is 7.95. The molecule has 0 aliphatic carbocycles. The SMILES string of the molecule is Cc1nc(CC2CCN(c3ccc(-c4ccc(C#N)cc4)cc3)CC2)nc(C=O)c1O. The van der Waals surface area contributed by atoms with Gasteiger partial charge in [-0.2, -0.15) is 5.26 Å². The highest BCUT2D eigenvalue weighted by atomic mass is 16.3. The Morgan fingerprint density at radius 2 is 1.68 bits per heavy atom. The molecule has 1 aliphatic rings. The van der Waals surface area contributed by atoms with Gasteiger partial charge in [0, 0.05) is 25.2 Å². The molecular weight excluding hydrogens is 388 g/mol. The van der Waals surface area contributed by atoms with Crippen LogP contribution < -0.4 is 4.90 Å². The minimum atomic E-state index is -0.127. The Bertz CT molecular complexity index is 1110. The Labute approximate surface area is 181 Å². The van der Waals surface area contributed by atoms with Gasteiger partial charge in [0.25, 0.3) is 0 Å². The Kier molecular flexibility index (Phi) is 5.94. The second-order valence-corrected chi connectivity index (χ2v) is 7.95. The third-order valence-corrected chi connectivity index (χ3v) is 5.91. The number of aryl methyl sites for hydroxylation is 1. The van der Waals surface area contributed by atoms with Gasteiger partial charge in [-0.3, -0.25) is 4.79 Å². The molecule has 2 aromatic carbocycles. The van der Waals surface area contributed by atoms with E-state index in [0.29, 0.717) is 35.7 Å². The van der Waals surface area contributed by atoms with E-state index in [-0.39, 0.29) is 11.4 Å². The van der Waals surface area contributed by atoms with Gasteiger partial charge in [0.2, 0.25) is 0 Å². The summed E-state index contributed by atoms with van der Waals surface area (Å²) in [5.41, 5.74) is 4.63. The lowest BCUT2D eigenvalue weighted by Gasteiger charge is -2.33. The van der Waals surface area contributed by atoms with Crippen molar-refractivity contribution in [2.75, 3.05) is 18.0 Å². The quantitative estimate of drug-likeness (QED) is 0.629. The molecule has 0 atom stereocenters. The van der Waals surface area contributed by atoms with Gasteiger partial charge >= 0.3 is 0 Å². The summed E-state index contributed by atoms with van der Waals surface area (Å²) in [6.45, 7) is 3.61. The summed E-state index contributed by atoms with van der Waals surface area (Å²) in [6, 6.07) is 18.3. The number of carbonyl (C=O) groups excluding carboxylic acids is 1. The Morgan fingerprint density at radius 1 is 1.06 bits per heavy atom. The molecule has 0 amide bonds. The molecule has 0 radical (unpaired) electrons. The molecule has 6 nitrogen and oxygen atoms in total. The highest BCUT2D eigenvalue weighted by molar-refractivity contribution is 5.76. The molecule has 3 aromatic rings. The molecule has 1 aliphatic heterocycles. The molecule has 0 saturated carbocycles. The van der Waals surface area contributed by atoms with Crippen LogP contribution in [-0.4, -0.2) is 34.5 Å². The van der Waals surface area contributed by atoms with Gasteiger partial charge in [0.15, 0.2) is 12.0 Å². The van der Waals surface area contributed by atoms with Gasteiger partial charge in [-0.25, -0.2) is 9.97 Å². The first kappa shape index (κ1) is 20.5. The Balaban J connectivity index is 1.37. The van der Waals surface area contributed by atoms with Crippen LogP contribution >= 0.6 is 0 Å². The predicted octanol–water partition coefficient (Wildman–Crippen LogP) is 4.30. The van der Waals surface area contributed by atoms with Crippen molar-refractivity contribution >= 4 is 12.0 Å². The van der Waals surface area contributed by atoms with Gasteiger partial charge in [0.05, 0.1) is 17.3 Å². The fraction of sp³-hybridized carbons (Fsp3) is 0.280. The number of benzene rings is 2. The summed E-state index contributed by atoms with van der Waals surface area (Å²) in [4.78, 5) is 22.0. The van der Waals surface area contributed by atoms with Gasteiger partial charge in [-0.15, -0.1) is 0 Å². The van der Waals surface area contributed by atoms with Gasteiger partial charge in [-0.1, -0.05) is 24.3 Å². The van der Waals surface area contributed by atoms with Crippen LogP contribution in [0.4, 0.5) is 5.69 Å². The molecular formula is C25H24N4O2. The van der Waals surface area contributed by atoms with Crippen LogP contribution in [0.5, 0.6) is 5.75 Å². The third-order valence-electron chi connectivity index (χ3n) is 5.91. The van der Waals surface area contributed by atoms with Crippen molar-refractivity contribution in [2.24, 2.45) is 5.92 Å². The minimum Gasteiger partial charge on any atom is -0.504 e. The van der Waals surface area contributed by atoms with E-state index < -0.39 is 0 Å². The van der Waals surface area contributed by atoms with Gasteiger partial charge < -0.3 is 10.0 Å². The number of aldehydes is 1. The van der Waals surface area contributed by atoms with Crippen molar-refractivity contribution in [1.82, 2.24) is 9.97 Å². The number of hydrogen-bond acceptors (Lipinski definition) is 6. The molecule has 31 heavy (non-hydrogen) atoms. The highest BCUT2D eigenvalue weighted by Gasteiger charge is 2.22. The van der Waals surface area contributed by atoms with E-state index in [2.05, 4.69) is 45.2 Å². The number of nitrogens with zero attached hydrogens (tertiary/aromatic N) is 4. The van der Waals surface area contributed by atoms with E-state index in [1.807, 2.05) is 24.3 Å². The van der Waals surface area contributed by atoms with Crippen molar-refractivity contribution in [3.05, 3.63) is 71.3 Å². The molecule has 6 heteroatoms. The van der Waals surface area contributed by atoms with Crippen molar-refractivity contribution in [1.29, 1.82) is 5.26 Å². The summed E-state index contributed by atoms with van der Waals surface area (Å²) < 4.78 is 0. The fourth-order valence-electron chi connectivity index (χ4n) is 4.08. The van der Waals surface area contributed by atoms with Crippen molar-refractivity contribution in [3.8, 4) is 22.9 Å². The second kappa shape index (κ2) is 8.97. The first-order valence-corrected chi connectivity index (χ1v) is 10.4. The molecule has 1 saturated heterocycles. The first-order chi connectivity index (χ1) is 15.1. The lowest BCUT2D eigenvalue weighted by atomic mass is 9.92. The van der Waals surface area contributed by atoms with E-state index in [1.165, 1.54) is 5.69 Å². The standard InChI is InChI=1S/C25H24N4O2/c1-17-25(31)23(16-30)28-24(27-17)14-18-10-12-29(13-11-18)22-8-6-21(7-9-22)20-4-2-19(15-26)3-5-20/h2-9,16,18,31H,10-14H2,1H3. The molecule has 156 valence electrons.